The van der Waals surface area contributed by atoms with Gasteiger partial charge in [-0.15, -0.1) is 0 Å². The quantitative estimate of drug-likeness (QED) is 0.403. The number of ether oxygens (including phenoxy) is 2. The van der Waals surface area contributed by atoms with Crippen molar-refractivity contribution in [2.24, 2.45) is 4.99 Å². The van der Waals surface area contributed by atoms with Crippen LogP contribution >= 0.6 is 0 Å². The van der Waals surface area contributed by atoms with Gasteiger partial charge >= 0.3 is 12.1 Å². The number of benzene rings is 2. The SMILES string of the molecule is CC(C)(C)OC(=O)N[C@@H](CC(=NC(CO)c1ccccc1)OCc1ccccc1)C(=O)O. The van der Waals surface area contributed by atoms with Crippen LogP contribution in [0.2, 0.25) is 0 Å². The summed E-state index contributed by atoms with van der Waals surface area (Å²) in [5.74, 6) is -1.16. The zero-order chi connectivity index (χ0) is 23.6. The van der Waals surface area contributed by atoms with E-state index in [-0.39, 0.29) is 25.5 Å². The van der Waals surface area contributed by atoms with Gasteiger partial charge in [0.25, 0.3) is 0 Å². The molecule has 8 nitrogen and oxygen atoms in total. The minimum absolute atomic E-state index is 0.0974. The third-order valence-electron chi connectivity index (χ3n) is 4.27. The molecule has 0 saturated heterocycles. The number of hydrogen-bond acceptors (Lipinski definition) is 6. The van der Waals surface area contributed by atoms with E-state index in [2.05, 4.69) is 10.3 Å². The molecule has 2 rings (SSSR count). The molecular formula is C24H30N2O6. The van der Waals surface area contributed by atoms with Gasteiger partial charge in [-0.1, -0.05) is 60.7 Å². The lowest BCUT2D eigenvalue weighted by atomic mass is 10.1. The molecule has 32 heavy (non-hydrogen) atoms. The Kier molecular flexibility index (Phi) is 9.22. The minimum atomic E-state index is -1.32. The van der Waals surface area contributed by atoms with Crippen LogP contribution in [-0.4, -0.2) is 46.4 Å². The van der Waals surface area contributed by atoms with Gasteiger partial charge in [0.15, 0.2) is 5.90 Å². The van der Waals surface area contributed by atoms with Gasteiger partial charge in [-0.3, -0.25) is 0 Å². The Morgan fingerprint density at radius 1 is 1.03 bits per heavy atom. The smallest absolute Gasteiger partial charge is 0.408 e. The van der Waals surface area contributed by atoms with Gasteiger partial charge in [0.2, 0.25) is 0 Å². The molecular weight excluding hydrogens is 412 g/mol. The first-order valence-electron chi connectivity index (χ1n) is 10.3. The molecule has 2 atom stereocenters. The number of carboxylic acid groups (broad SMARTS) is 1. The molecule has 0 spiro atoms. The molecule has 0 fully saturated rings. The van der Waals surface area contributed by atoms with Gasteiger partial charge in [0.05, 0.1) is 13.0 Å². The third-order valence-corrected chi connectivity index (χ3v) is 4.27. The summed E-state index contributed by atoms with van der Waals surface area (Å²) in [5.41, 5.74) is 0.846. The lowest BCUT2D eigenvalue weighted by Gasteiger charge is -2.22. The largest absolute Gasteiger partial charge is 0.480 e. The van der Waals surface area contributed by atoms with Crippen LogP contribution in [0.1, 0.15) is 44.4 Å². The minimum Gasteiger partial charge on any atom is -0.480 e. The van der Waals surface area contributed by atoms with Crippen molar-refractivity contribution in [1.82, 2.24) is 5.32 Å². The molecule has 0 heterocycles. The number of aliphatic carboxylic acids is 1. The Bertz CT molecular complexity index is 894. The summed E-state index contributed by atoms with van der Waals surface area (Å²) in [6, 6.07) is 16.5. The van der Waals surface area contributed by atoms with E-state index in [9.17, 15) is 19.8 Å². The summed E-state index contributed by atoms with van der Waals surface area (Å²) >= 11 is 0. The van der Waals surface area contributed by atoms with E-state index in [0.717, 1.165) is 11.1 Å². The summed E-state index contributed by atoms with van der Waals surface area (Å²) < 4.78 is 11.0. The molecule has 3 N–H and O–H groups in total. The molecule has 0 aliphatic heterocycles. The monoisotopic (exact) mass is 442 g/mol. The van der Waals surface area contributed by atoms with E-state index in [1.807, 2.05) is 60.7 Å². The average Bonchev–Trinajstić information content (AvgIpc) is 2.74. The highest BCUT2D eigenvalue weighted by Crippen LogP contribution is 2.18. The first-order chi connectivity index (χ1) is 15.2. The van der Waals surface area contributed by atoms with Gasteiger partial charge in [0.1, 0.15) is 24.3 Å². The third kappa shape index (κ3) is 8.77. The zero-order valence-corrected chi connectivity index (χ0v) is 18.5. The van der Waals surface area contributed by atoms with Crippen molar-refractivity contribution in [2.75, 3.05) is 6.61 Å². The maximum atomic E-state index is 12.1. The summed E-state index contributed by atoms with van der Waals surface area (Å²) in [6.07, 6.45) is -1.07. The fourth-order valence-corrected chi connectivity index (χ4v) is 2.78. The molecule has 1 unspecified atom stereocenters. The molecule has 0 aromatic heterocycles. The predicted octanol–water partition coefficient (Wildman–Crippen LogP) is 3.70. The Morgan fingerprint density at radius 2 is 1.62 bits per heavy atom. The van der Waals surface area contributed by atoms with Crippen LogP contribution < -0.4 is 5.32 Å². The molecule has 1 amide bonds. The Morgan fingerprint density at radius 3 is 2.16 bits per heavy atom. The van der Waals surface area contributed by atoms with E-state index in [1.54, 1.807) is 20.8 Å². The van der Waals surface area contributed by atoms with E-state index < -0.39 is 29.7 Å². The second-order valence-corrected chi connectivity index (χ2v) is 8.15. The molecule has 0 radical (unpaired) electrons. The standard InChI is InChI=1S/C24H30N2O6/c1-24(2,3)32-23(30)26-19(22(28)29)14-21(31-16-17-10-6-4-7-11-17)25-20(15-27)18-12-8-5-9-13-18/h4-13,19-20,27H,14-16H2,1-3H3,(H,26,30)(H,28,29)/t19-,20?/m0/s1. The number of rotatable bonds is 9. The highest BCUT2D eigenvalue weighted by atomic mass is 16.6. The fraction of sp³-hybridized carbons (Fsp3) is 0.375. The van der Waals surface area contributed by atoms with Crippen LogP contribution in [0.4, 0.5) is 4.79 Å². The number of nitrogens with one attached hydrogen (secondary N) is 1. The molecule has 0 aliphatic rings. The molecule has 0 aliphatic carbocycles. The van der Waals surface area contributed by atoms with Crippen LogP contribution in [0.5, 0.6) is 0 Å². The highest BCUT2D eigenvalue weighted by Gasteiger charge is 2.27. The molecule has 8 heteroatoms. The van der Waals surface area contributed by atoms with Gasteiger partial charge < -0.3 is 25.0 Å². The second-order valence-electron chi connectivity index (χ2n) is 8.15. The van der Waals surface area contributed by atoms with Crippen LogP contribution in [0, 0.1) is 0 Å². The van der Waals surface area contributed by atoms with Gasteiger partial charge in [-0.2, -0.15) is 0 Å². The number of aliphatic hydroxyl groups is 1. The fourth-order valence-electron chi connectivity index (χ4n) is 2.78. The normalized spacial score (nSPS) is 13.7. The van der Waals surface area contributed by atoms with E-state index in [4.69, 9.17) is 9.47 Å². The zero-order valence-electron chi connectivity index (χ0n) is 18.5. The number of aliphatic hydroxyl groups excluding tert-OH is 1. The van der Waals surface area contributed by atoms with Crippen molar-refractivity contribution in [1.29, 1.82) is 0 Å². The lowest BCUT2D eigenvalue weighted by Crippen LogP contribution is -2.44. The summed E-state index contributed by atoms with van der Waals surface area (Å²) in [6.45, 7) is 4.92. The number of alkyl carbamates (subject to hydrolysis) is 1. The van der Waals surface area contributed by atoms with Crippen LogP contribution in [-0.2, 0) is 20.9 Å². The molecule has 0 saturated carbocycles. The summed E-state index contributed by atoms with van der Waals surface area (Å²) in [7, 11) is 0. The number of nitrogens with zero attached hydrogens (tertiary/aromatic N) is 1. The summed E-state index contributed by atoms with van der Waals surface area (Å²) in [4.78, 5) is 28.4. The van der Waals surface area contributed by atoms with Gasteiger partial charge in [0, 0.05) is 0 Å². The highest BCUT2D eigenvalue weighted by molar-refractivity contribution is 5.87. The predicted molar refractivity (Wildman–Crippen MR) is 120 cm³/mol. The van der Waals surface area contributed by atoms with E-state index >= 15 is 0 Å². The van der Waals surface area contributed by atoms with Gasteiger partial charge in [-0.05, 0) is 31.9 Å². The average molecular weight is 443 g/mol. The van der Waals surface area contributed by atoms with Gasteiger partial charge in [-0.25, -0.2) is 14.6 Å². The number of carbonyl (C=O) groups excluding carboxylic acids is 1. The Hall–Kier alpha value is -3.39. The van der Waals surface area contributed by atoms with Crippen molar-refractivity contribution >= 4 is 18.0 Å². The van der Waals surface area contributed by atoms with E-state index in [0.29, 0.717) is 0 Å². The Balaban J connectivity index is 2.24. The Labute approximate surface area is 187 Å². The first-order valence-corrected chi connectivity index (χ1v) is 10.3. The van der Waals surface area contributed by atoms with Crippen molar-refractivity contribution < 1.29 is 29.3 Å². The first kappa shape index (κ1) is 24.9. The van der Waals surface area contributed by atoms with Crippen LogP contribution in [0.15, 0.2) is 65.7 Å². The van der Waals surface area contributed by atoms with Crippen molar-refractivity contribution in [3.63, 3.8) is 0 Å². The number of carbonyl (C=O) groups is 2. The van der Waals surface area contributed by atoms with Crippen molar-refractivity contribution in [3.8, 4) is 0 Å². The number of carboxylic acids is 1. The van der Waals surface area contributed by atoms with Crippen molar-refractivity contribution in [2.45, 2.75) is 51.5 Å². The molecule has 2 aromatic carbocycles. The van der Waals surface area contributed by atoms with Crippen LogP contribution in [0.3, 0.4) is 0 Å². The molecule has 172 valence electrons. The van der Waals surface area contributed by atoms with Crippen molar-refractivity contribution in [3.05, 3.63) is 71.8 Å². The molecule has 0 bridgehead atoms. The number of amides is 1. The number of hydrogen-bond donors (Lipinski definition) is 3. The topological polar surface area (TPSA) is 117 Å². The van der Waals surface area contributed by atoms with Crippen LogP contribution in [0.25, 0.3) is 0 Å². The number of aliphatic imine (C=N–C) groups is 1. The maximum absolute atomic E-state index is 12.1. The molecule has 2 aromatic rings. The summed E-state index contributed by atoms with van der Waals surface area (Å²) in [5, 5.41) is 21.8. The second kappa shape index (κ2) is 11.9. The maximum Gasteiger partial charge on any atom is 0.408 e. The lowest BCUT2D eigenvalue weighted by molar-refractivity contribution is -0.139. The van der Waals surface area contributed by atoms with E-state index in [1.165, 1.54) is 0 Å².